The third-order valence-electron chi connectivity index (χ3n) is 1.38. The summed E-state index contributed by atoms with van der Waals surface area (Å²) in [6.07, 6.45) is 1.22. The Balaban J connectivity index is 2.76. The molecule has 0 radical (unpaired) electrons. The molecule has 3 nitrogen and oxygen atoms in total. The Labute approximate surface area is 70.6 Å². The molecule has 0 aliphatic rings. The molecule has 0 fully saturated rings. The maximum absolute atomic E-state index is 11.0. The average molecular weight is 166 g/mol. The minimum Gasteiger partial charge on any atom is -0.455 e. The Morgan fingerprint density at radius 3 is 3.08 bits per heavy atom. The summed E-state index contributed by atoms with van der Waals surface area (Å²) in [6.45, 7) is 3.73. The molecule has 3 heteroatoms. The fourth-order valence-corrected chi connectivity index (χ4v) is 0.831. The van der Waals surface area contributed by atoms with Gasteiger partial charge in [-0.25, -0.2) is 0 Å². The van der Waals surface area contributed by atoms with Gasteiger partial charge in [0.1, 0.15) is 12.4 Å². The highest BCUT2D eigenvalue weighted by atomic mass is 16.5. The van der Waals surface area contributed by atoms with Crippen LogP contribution >= 0.6 is 0 Å². The first-order chi connectivity index (χ1) is 5.77. The van der Waals surface area contributed by atoms with E-state index >= 15 is 0 Å². The maximum Gasteiger partial charge on any atom is 0.220 e. The zero-order valence-electron chi connectivity index (χ0n) is 6.87. The molecule has 0 aliphatic carbocycles. The molecule has 1 heterocycles. The molecular weight excluding hydrogens is 156 g/mol. The number of furan rings is 1. The quantitative estimate of drug-likeness (QED) is 0.505. The number of methoxy groups -OCH3 is 1. The van der Waals surface area contributed by atoms with E-state index in [0.717, 1.165) is 0 Å². The first-order valence-corrected chi connectivity index (χ1v) is 3.52. The molecule has 1 aromatic rings. The van der Waals surface area contributed by atoms with Gasteiger partial charge in [-0.05, 0) is 18.2 Å². The summed E-state index contributed by atoms with van der Waals surface area (Å²) in [4.78, 5) is 11.0. The molecule has 0 spiro atoms. The second kappa shape index (κ2) is 3.88. The Hall–Kier alpha value is -1.35. The Kier molecular flexibility index (Phi) is 2.82. The number of hydrogen-bond acceptors (Lipinski definition) is 3. The lowest BCUT2D eigenvalue weighted by Crippen LogP contribution is -1.89. The van der Waals surface area contributed by atoms with Crippen molar-refractivity contribution in [3.8, 4) is 0 Å². The molecule has 0 atom stereocenters. The standard InChI is InChI=1S/C9H10O3/c1-3-8(10)9-5-4-7(12-9)6-11-2/h3-5H,1,6H2,2H3. The summed E-state index contributed by atoms with van der Waals surface area (Å²) in [6, 6.07) is 3.32. The van der Waals surface area contributed by atoms with Crippen molar-refractivity contribution in [1.29, 1.82) is 0 Å². The minimum absolute atomic E-state index is 0.211. The van der Waals surface area contributed by atoms with Crippen LogP contribution in [0.2, 0.25) is 0 Å². The number of carbonyl (C=O) groups is 1. The van der Waals surface area contributed by atoms with E-state index in [2.05, 4.69) is 6.58 Å². The van der Waals surface area contributed by atoms with E-state index in [-0.39, 0.29) is 5.78 Å². The molecule has 0 N–H and O–H groups in total. The van der Waals surface area contributed by atoms with Crippen LogP contribution in [0.25, 0.3) is 0 Å². The number of ether oxygens (including phenoxy) is 1. The second-order valence-electron chi connectivity index (χ2n) is 2.27. The van der Waals surface area contributed by atoms with Crippen LogP contribution in [0.3, 0.4) is 0 Å². The van der Waals surface area contributed by atoms with Crippen LogP contribution in [0.4, 0.5) is 0 Å². The van der Waals surface area contributed by atoms with Crippen LogP contribution in [0.1, 0.15) is 16.3 Å². The third-order valence-corrected chi connectivity index (χ3v) is 1.38. The number of rotatable bonds is 4. The van der Waals surface area contributed by atoms with E-state index in [9.17, 15) is 4.79 Å². The van der Waals surface area contributed by atoms with Gasteiger partial charge in [-0.1, -0.05) is 6.58 Å². The van der Waals surface area contributed by atoms with Crippen LogP contribution in [-0.2, 0) is 11.3 Å². The van der Waals surface area contributed by atoms with Gasteiger partial charge in [-0.3, -0.25) is 4.79 Å². The summed E-state index contributed by atoms with van der Waals surface area (Å²) in [5.74, 6) is 0.733. The number of carbonyl (C=O) groups excluding carboxylic acids is 1. The lowest BCUT2D eigenvalue weighted by molar-refractivity contribution is 0.101. The van der Waals surface area contributed by atoms with Gasteiger partial charge < -0.3 is 9.15 Å². The summed E-state index contributed by atoms with van der Waals surface area (Å²) in [7, 11) is 1.57. The van der Waals surface area contributed by atoms with Crippen molar-refractivity contribution < 1.29 is 13.9 Å². The highest BCUT2D eigenvalue weighted by Gasteiger charge is 2.06. The van der Waals surface area contributed by atoms with Crippen LogP contribution < -0.4 is 0 Å². The normalized spacial score (nSPS) is 9.75. The van der Waals surface area contributed by atoms with Crippen molar-refractivity contribution in [2.75, 3.05) is 7.11 Å². The van der Waals surface area contributed by atoms with Crippen molar-refractivity contribution in [3.05, 3.63) is 36.3 Å². The Bertz CT molecular complexity index is 286. The van der Waals surface area contributed by atoms with E-state index < -0.39 is 0 Å². The zero-order valence-corrected chi connectivity index (χ0v) is 6.87. The fraction of sp³-hybridized carbons (Fsp3) is 0.222. The molecule has 1 rings (SSSR count). The lowest BCUT2D eigenvalue weighted by atomic mass is 10.3. The van der Waals surface area contributed by atoms with Crippen LogP contribution in [0.15, 0.2) is 29.2 Å². The molecule has 0 saturated heterocycles. The largest absolute Gasteiger partial charge is 0.455 e. The van der Waals surface area contributed by atoms with Gasteiger partial charge in [0, 0.05) is 7.11 Å². The van der Waals surface area contributed by atoms with Crippen LogP contribution in [0, 0.1) is 0 Å². The smallest absolute Gasteiger partial charge is 0.220 e. The molecule has 0 bridgehead atoms. The van der Waals surface area contributed by atoms with Gasteiger partial charge in [0.15, 0.2) is 5.76 Å². The molecule has 1 aromatic heterocycles. The van der Waals surface area contributed by atoms with E-state index in [4.69, 9.17) is 9.15 Å². The van der Waals surface area contributed by atoms with Crippen molar-refractivity contribution >= 4 is 5.78 Å². The summed E-state index contributed by atoms with van der Waals surface area (Å²) in [5.41, 5.74) is 0. The average Bonchev–Trinajstić information content (AvgIpc) is 2.52. The predicted octanol–water partition coefficient (Wildman–Crippen LogP) is 1.79. The molecule has 12 heavy (non-hydrogen) atoms. The number of allylic oxidation sites excluding steroid dienone is 1. The van der Waals surface area contributed by atoms with Gasteiger partial charge in [0.05, 0.1) is 0 Å². The molecular formula is C9H10O3. The topological polar surface area (TPSA) is 39.4 Å². The Morgan fingerprint density at radius 1 is 1.75 bits per heavy atom. The summed E-state index contributed by atoms with van der Waals surface area (Å²) < 4.78 is 9.95. The zero-order chi connectivity index (χ0) is 8.97. The monoisotopic (exact) mass is 166 g/mol. The molecule has 64 valence electrons. The highest BCUT2D eigenvalue weighted by Crippen LogP contribution is 2.09. The van der Waals surface area contributed by atoms with E-state index in [0.29, 0.717) is 18.1 Å². The van der Waals surface area contributed by atoms with Gasteiger partial charge in [-0.2, -0.15) is 0 Å². The molecule has 0 aromatic carbocycles. The van der Waals surface area contributed by atoms with Gasteiger partial charge >= 0.3 is 0 Å². The van der Waals surface area contributed by atoms with Crippen molar-refractivity contribution in [2.24, 2.45) is 0 Å². The second-order valence-corrected chi connectivity index (χ2v) is 2.27. The number of hydrogen-bond donors (Lipinski definition) is 0. The Morgan fingerprint density at radius 2 is 2.50 bits per heavy atom. The van der Waals surface area contributed by atoms with Crippen LogP contribution in [0.5, 0.6) is 0 Å². The molecule has 0 saturated carbocycles. The van der Waals surface area contributed by atoms with Gasteiger partial charge in [0.25, 0.3) is 0 Å². The van der Waals surface area contributed by atoms with Crippen molar-refractivity contribution in [3.63, 3.8) is 0 Å². The van der Waals surface area contributed by atoms with Crippen molar-refractivity contribution in [1.82, 2.24) is 0 Å². The third kappa shape index (κ3) is 1.83. The lowest BCUT2D eigenvalue weighted by Gasteiger charge is -1.91. The molecule has 0 amide bonds. The first kappa shape index (κ1) is 8.74. The fourth-order valence-electron chi connectivity index (χ4n) is 0.831. The highest BCUT2D eigenvalue weighted by molar-refractivity contribution is 6.01. The summed E-state index contributed by atoms with van der Waals surface area (Å²) in [5, 5.41) is 0. The number of ketones is 1. The van der Waals surface area contributed by atoms with E-state index in [1.165, 1.54) is 6.08 Å². The van der Waals surface area contributed by atoms with Gasteiger partial charge in [0.2, 0.25) is 5.78 Å². The van der Waals surface area contributed by atoms with Crippen molar-refractivity contribution in [2.45, 2.75) is 6.61 Å². The van der Waals surface area contributed by atoms with Gasteiger partial charge in [-0.15, -0.1) is 0 Å². The SMILES string of the molecule is C=CC(=O)c1ccc(COC)o1. The first-order valence-electron chi connectivity index (χ1n) is 3.52. The maximum atomic E-state index is 11.0. The van der Waals surface area contributed by atoms with Crippen LogP contribution in [-0.4, -0.2) is 12.9 Å². The predicted molar refractivity (Wildman–Crippen MR) is 43.9 cm³/mol. The van der Waals surface area contributed by atoms with E-state index in [1.807, 2.05) is 0 Å². The minimum atomic E-state index is -0.211. The molecule has 0 aliphatic heterocycles. The van der Waals surface area contributed by atoms with E-state index in [1.54, 1.807) is 19.2 Å². The summed E-state index contributed by atoms with van der Waals surface area (Å²) >= 11 is 0. The molecule has 0 unspecified atom stereocenters.